The van der Waals surface area contributed by atoms with Crippen molar-refractivity contribution < 1.29 is 28.7 Å². The molecule has 3 fully saturated rings. The van der Waals surface area contributed by atoms with Gasteiger partial charge >= 0.3 is 5.97 Å². The number of benzene rings is 2. The Kier molecular flexibility index (Phi) is 5.28. The summed E-state index contributed by atoms with van der Waals surface area (Å²) in [7, 11) is 0. The molecule has 7 heteroatoms. The number of esters is 1. The molecule has 7 rings (SSSR count). The Balaban J connectivity index is 1.01. The molecule has 7 nitrogen and oxygen atoms in total. The second kappa shape index (κ2) is 8.48. The number of ketones is 1. The van der Waals surface area contributed by atoms with Crippen LogP contribution in [0.4, 0.5) is 0 Å². The SMILES string of the molecule is O=C(CN1C(=O)[C@@H]2[C@@H]3C=C[C@H]([C@H]4C[C@@H]34)[C@@H]2C1=O)OCC(=O)c1ccc(OCc2ccccc2)cc1. The van der Waals surface area contributed by atoms with Crippen molar-refractivity contribution in [3.8, 4) is 5.75 Å². The van der Waals surface area contributed by atoms with Crippen molar-refractivity contribution in [3.63, 3.8) is 0 Å². The van der Waals surface area contributed by atoms with Crippen LogP contribution in [0.3, 0.4) is 0 Å². The average molecular weight is 472 g/mol. The predicted octanol–water partition coefficient (Wildman–Crippen LogP) is 3.04. The van der Waals surface area contributed by atoms with Crippen molar-refractivity contribution >= 4 is 23.6 Å². The molecule has 2 saturated carbocycles. The van der Waals surface area contributed by atoms with Gasteiger partial charge in [-0.15, -0.1) is 0 Å². The summed E-state index contributed by atoms with van der Waals surface area (Å²) < 4.78 is 10.8. The minimum atomic E-state index is -0.757. The molecule has 6 atom stereocenters. The van der Waals surface area contributed by atoms with Gasteiger partial charge in [0.05, 0.1) is 11.8 Å². The fourth-order valence-electron chi connectivity index (χ4n) is 6.06. The third kappa shape index (κ3) is 3.85. The standard InChI is InChI=1S/C28H25NO6/c30-23(17-6-8-18(9-7-17)34-14-16-4-2-1-3-5-16)15-35-24(31)13-29-27(32)25-19-10-11-20(22-12-21(19)22)26(25)28(29)33/h1-11,19-22,25-26H,12-15H2/t19-,20-,21-,22+,25+,26-/m1/s1. The van der Waals surface area contributed by atoms with Gasteiger partial charge in [0, 0.05) is 5.56 Å². The highest BCUT2D eigenvalue weighted by molar-refractivity contribution is 6.08. The highest BCUT2D eigenvalue weighted by Gasteiger charge is 2.67. The summed E-state index contributed by atoms with van der Waals surface area (Å²) in [6, 6.07) is 16.3. The monoisotopic (exact) mass is 471 g/mol. The number of carbonyl (C=O) groups excluding carboxylic acids is 4. The van der Waals surface area contributed by atoms with Crippen LogP contribution in [-0.2, 0) is 25.7 Å². The zero-order valence-corrected chi connectivity index (χ0v) is 19.0. The van der Waals surface area contributed by atoms with Gasteiger partial charge in [-0.05, 0) is 59.9 Å². The molecule has 2 aromatic carbocycles. The largest absolute Gasteiger partial charge is 0.489 e. The molecular weight excluding hydrogens is 446 g/mol. The summed E-state index contributed by atoms with van der Waals surface area (Å²) in [6.07, 6.45) is 5.26. The lowest BCUT2D eigenvalue weighted by atomic mass is 9.63. The van der Waals surface area contributed by atoms with Gasteiger partial charge in [-0.2, -0.15) is 0 Å². The predicted molar refractivity (Wildman–Crippen MR) is 124 cm³/mol. The number of allylic oxidation sites excluding steroid dienone is 2. The third-order valence-corrected chi connectivity index (χ3v) is 7.83. The molecule has 0 spiro atoms. The summed E-state index contributed by atoms with van der Waals surface area (Å²) in [4.78, 5) is 51.8. The zero-order valence-electron chi connectivity index (χ0n) is 19.0. The van der Waals surface area contributed by atoms with E-state index in [4.69, 9.17) is 9.47 Å². The van der Waals surface area contributed by atoms with Gasteiger partial charge < -0.3 is 9.47 Å². The number of likely N-dealkylation sites (tertiary alicyclic amines) is 1. The fourth-order valence-corrected chi connectivity index (χ4v) is 6.06. The van der Waals surface area contributed by atoms with Gasteiger partial charge in [0.15, 0.2) is 12.4 Å². The lowest BCUT2D eigenvalue weighted by Gasteiger charge is -2.37. The lowest BCUT2D eigenvalue weighted by Crippen LogP contribution is -2.40. The van der Waals surface area contributed by atoms with Crippen LogP contribution in [0.1, 0.15) is 22.3 Å². The van der Waals surface area contributed by atoms with Gasteiger partial charge in [0.25, 0.3) is 0 Å². The smallest absolute Gasteiger partial charge is 0.326 e. The second-order valence-corrected chi connectivity index (χ2v) is 9.80. The number of amides is 2. The molecule has 2 aromatic rings. The van der Waals surface area contributed by atoms with Crippen LogP contribution in [0.25, 0.3) is 0 Å². The van der Waals surface area contributed by atoms with E-state index < -0.39 is 19.1 Å². The normalized spacial score (nSPS) is 29.5. The fraction of sp³-hybridized carbons (Fsp3) is 0.357. The zero-order chi connectivity index (χ0) is 24.1. The van der Waals surface area contributed by atoms with E-state index in [1.54, 1.807) is 24.3 Å². The molecule has 0 unspecified atom stereocenters. The van der Waals surface area contributed by atoms with Crippen LogP contribution in [0.2, 0.25) is 0 Å². The Hall–Kier alpha value is -3.74. The summed E-state index contributed by atoms with van der Waals surface area (Å²) >= 11 is 0. The Morgan fingerprint density at radius 3 is 2.11 bits per heavy atom. The van der Waals surface area contributed by atoms with Crippen molar-refractivity contribution in [2.75, 3.05) is 13.2 Å². The second-order valence-electron chi connectivity index (χ2n) is 9.80. The molecule has 2 amide bonds. The topological polar surface area (TPSA) is 90.0 Å². The number of ether oxygens (including phenoxy) is 2. The van der Waals surface area contributed by atoms with Crippen molar-refractivity contribution in [1.82, 2.24) is 4.90 Å². The van der Waals surface area contributed by atoms with Crippen molar-refractivity contribution in [1.29, 1.82) is 0 Å². The van der Waals surface area contributed by atoms with Crippen LogP contribution in [0.15, 0.2) is 66.7 Å². The average Bonchev–Trinajstić information content (AvgIpc) is 3.68. The molecule has 35 heavy (non-hydrogen) atoms. The Labute approximate surface area is 202 Å². The Morgan fingerprint density at radius 2 is 1.49 bits per heavy atom. The van der Waals surface area contributed by atoms with E-state index in [2.05, 4.69) is 12.2 Å². The molecule has 5 aliphatic rings. The van der Waals surface area contributed by atoms with Gasteiger partial charge in [-0.25, -0.2) is 0 Å². The molecule has 1 heterocycles. The molecular formula is C28H25NO6. The highest BCUT2D eigenvalue weighted by Crippen LogP contribution is 2.65. The molecule has 0 N–H and O–H groups in total. The van der Waals surface area contributed by atoms with Gasteiger partial charge in [-0.1, -0.05) is 42.5 Å². The summed E-state index contributed by atoms with van der Waals surface area (Å²) in [5, 5.41) is 0. The van der Waals surface area contributed by atoms with E-state index in [-0.39, 0.29) is 41.3 Å². The number of carbonyl (C=O) groups is 4. The first-order chi connectivity index (χ1) is 17.0. The molecule has 0 radical (unpaired) electrons. The van der Waals surface area contributed by atoms with Crippen LogP contribution in [-0.4, -0.2) is 41.6 Å². The number of rotatable bonds is 8. The van der Waals surface area contributed by atoms with E-state index in [0.29, 0.717) is 29.8 Å². The van der Waals surface area contributed by atoms with Crippen molar-refractivity contribution in [2.24, 2.45) is 35.5 Å². The molecule has 1 saturated heterocycles. The summed E-state index contributed by atoms with van der Waals surface area (Å²) in [5.74, 6) is -0.548. The van der Waals surface area contributed by atoms with E-state index in [9.17, 15) is 19.2 Å². The molecule has 4 aliphatic carbocycles. The summed E-state index contributed by atoms with van der Waals surface area (Å²) in [6.45, 7) is -0.484. The van der Waals surface area contributed by atoms with Crippen LogP contribution >= 0.6 is 0 Å². The number of Topliss-reactive ketones (excluding diaryl/α,β-unsaturated/α-hetero) is 1. The van der Waals surface area contributed by atoms with Crippen molar-refractivity contribution in [3.05, 3.63) is 77.9 Å². The third-order valence-electron chi connectivity index (χ3n) is 7.83. The van der Waals surface area contributed by atoms with E-state index in [1.165, 1.54) is 0 Å². The number of nitrogens with zero attached hydrogens (tertiary/aromatic N) is 1. The van der Waals surface area contributed by atoms with Crippen LogP contribution < -0.4 is 4.74 Å². The van der Waals surface area contributed by atoms with Gasteiger partial charge in [0.1, 0.15) is 18.9 Å². The van der Waals surface area contributed by atoms with E-state index in [1.807, 2.05) is 30.3 Å². The Morgan fingerprint density at radius 1 is 0.857 bits per heavy atom. The van der Waals surface area contributed by atoms with Crippen LogP contribution in [0, 0.1) is 35.5 Å². The van der Waals surface area contributed by atoms with Crippen LogP contribution in [0.5, 0.6) is 5.75 Å². The van der Waals surface area contributed by atoms with Gasteiger partial charge in [0.2, 0.25) is 11.8 Å². The first-order valence-electron chi connectivity index (χ1n) is 12.0. The van der Waals surface area contributed by atoms with Gasteiger partial charge in [-0.3, -0.25) is 24.1 Å². The minimum Gasteiger partial charge on any atom is -0.489 e. The first-order valence-corrected chi connectivity index (χ1v) is 12.0. The number of hydrogen-bond acceptors (Lipinski definition) is 6. The maximum atomic E-state index is 13.0. The maximum Gasteiger partial charge on any atom is 0.326 e. The highest BCUT2D eigenvalue weighted by atomic mass is 16.5. The maximum absolute atomic E-state index is 13.0. The Bertz CT molecular complexity index is 1180. The minimum absolute atomic E-state index is 0.105. The van der Waals surface area contributed by atoms with E-state index >= 15 is 0 Å². The number of hydrogen-bond donors (Lipinski definition) is 0. The molecule has 2 bridgehead atoms. The lowest BCUT2D eigenvalue weighted by molar-refractivity contribution is -0.152. The van der Waals surface area contributed by atoms with Crippen molar-refractivity contribution in [2.45, 2.75) is 13.0 Å². The number of imide groups is 1. The molecule has 0 aromatic heterocycles. The van der Waals surface area contributed by atoms with E-state index in [0.717, 1.165) is 16.9 Å². The summed E-state index contributed by atoms with van der Waals surface area (Å²) in [5.41, 5.74) is 1.42. The quantitative estimate of drug-likeness (QED) is 0.254. The molecule has 178 valence electrons. The first kappa shape index (κ1) is 21.8. The molecule has 1 aliphatic heterocycles.